The van der Waals surface area contributed by atoms with E-state index in [0.717, 1.165) is 5.56 Å². The van der Waals surface area contributed by atoms with Gasteiger partial charge in [0, 0.05) is 12.0 Å². The third-order valence-electron chi connectivity index (χ3n) is 3.67. The van der Waals surface area contributed by atoms with Crippen molar-refractivity contribution in [3.8, 4) is 11.5 Å². The van der Waals surface area contributed by atoms with Gasteiger partial charge in [-0.05, 0) is 24.6 Å². The molecule has 0 saturated heterocycles. The van der Waals surface area contributed by atoms with Gasteiger partial charge in [0.25, 0.3) is 5.91 Å². The number of aliphatic carboxylic acids is 1. The average Bonchev–Trinajstić information content (AvgIpc) is 2.63. The Morgan fingerprint density at radius 1 is 1.23 bits per heavy atom. The Bertz CT molecular complexity index is 779. The van der Waals surface area contributed by atoms with Gasteiger partial charge in [-0.25, -0.2) is 4.79 Å². The topological polar surface area (TPSA) is 84.9 Å². The maximum atomic E-state index is 12.5. The molecule has 26 heavy (non-hydrogen) atoms. The Labute approximate surface area is 156 Å². The minimum atomic E-state index is -1.12. The summed E-state index contributed by atoms with van der Waals surface area (Å²) in [5.41, 5.74) is 0.997. The van der Waals surface area contributed by atoms with Crippen LogP contribution in [0.3, 0.4) is 0 Å². The second-order valence-corrected chi connectivity index (χ2v) is 5.88. The van der Waals surface area contributed by atoms with Crippen molar-refractivity contribution in [1.82, 2.24) is 5.32 Å². The Morgan fingerprint density at radius 2 is 1.92 bits per heavy atom. The minimum Gasteiger partial charge on any atom is -0.493 e. The number of carboxylic acid groups (broad SMARTS) is 1. The van der Waals surface area contributed by atoms with Crippen LogP contribution in [0, 0.1) is 0 Å². The summed E-state index contributed by atoms with van der Waals surface area (Å²) in [4.78, 5) is 24.0. The lowest BCUT2D eigenvalue weighted by Crippen LogP contribution is -2.42. The molecule has 0 spiro atoms. The van der Waals surface area contributed by atoms with Crippen molar-refractivity contribution in [2.75, 3.05) is 13.7 Å². The van der Waals surface area contributed by atoms with Crippen molar-refractivity contribution in [2.24, 2.45) is 0 Å². The van der Waals surface area contributed by atoms with Crippen LogP contribution < -0.4 is 14.8 Å². The fourth-order valence-electron chi connectivity index (χ4n) is 2.43. The van der Waals surface area contributed by atoms with E-state index in [4.69, 9.17) is 21.1 Å². The van der Waals surface area contributed by atoms with E-state index in [9.17, 15) is 14.7 Å². The van der Waals surface area contributed by atoms with Gasteiger partial charge in [0.15, 0.2) is 11.5 Å². The molecule has 1 amide bonds. The summed E-state index contributed by atoms with van der Waals surface area (Å²) >= 11 is 6.16. The van der Waals surface area contributed by atoms with Gasteiger partial charge in [-0.15, -0.1) is 0 Å². The predicted octanol–water partition coefficient (Wildman–Crippen LogP) is 3.17. The summed E-state index contributed by atoms with van der Waals surface area (Å²) in [5, 5.41) is 12.1. The highest BCUT2D eigenvalue weighted by Gasteiger charge is 2.23. The van der Waals surface area contributed by atoms with Crippen LogP contribution in [0.4, 0.5) is 0 Å². The molecule has 0 aliphatic rings. The van der Waals surface area contributed by atoms with Crippen LogP contribution in [0.25, 0.3) is 0 Å². The molecular formula is C19H20ClNO5. The van der Waals surface area contributed by atoms with E-state index in [1.54, 1.807) is 19.1 Å². The maximum absolute atomic E-state index is 12.5. The second kappa shape index (κ2) is 9.10. The molecule has 138 valence electrons. The summed E-state index contributed by atoms with van der Waals surface area (Å²) in [7, 11) is 1.44. The molecule has 1 atom stereocenters. The number of rotatable bonds is 8. The van der Waals surface area contributed by atoms with E-state index in [2.05, 4.69) is 5.32 Å². The number of ether oxygens (including phenoxy) is 2. The molecule has 0 aliphatic heterocycles. The standard InChI is InChI=1S/C19H20ClNO5/c1-3-26-17-14(20)10-13(11-16(17)25-2)18(22)21-15(19(23)24)9-12-7-5-4-6-8-12/h4-8,10-11,15H,3,9H2,1-2H3,(H,21,22)(H,23,24)/t15-/m0/s1. The Balaban J connectivity index is 2.21. The number of amides is 1. The van der Waals surface area contributed by atoms with Crippen LogP contribution in [0.2, 0.25) is 5.02 Å². The lowest BCUT2D eigenvalue weighted by molar-refractivity contribution is -0.139. The fourth-order valence-corrected chi connectivity index (χ4v) is 2.69. The maximum Gasteiger partial charge on any atom is 0.326 e. The highest BCUT2D eigenvalue weighted by atomic mass is 35.5. The molecule has 0 unspecified atom stereocenters. The minimum absolute atomic E-state index is 0.170. The van der Waals surface area contributed by atoms with Crippen molar-refractivity contribution >= 4 is 23.5 Å². The van der Waals surface area contributed by atoms with E-state index < -0.39 is 17.9 Å². The molecule has 2 aromatic rings. The van der Waals surface area contributed by atoms with Crippen molar-refractivity contribution < 1.29 is 24.2 Å². The number of hydrogen-bond donors (Lipinski definition) is 2. The van der Waals surface area contributed by atoms with Gasteiger partial charge in [-0.3, -0.25) is 4.79 Å². The van der Waals surface area contributed by atoms with Crippen molar-refractivity contribution in [1.29, 1.82) is 0 Å². The molecule has 0 aliphatic carbocycles. The molecule has 2 aromatic carbocycles. The van der Waals surface area contributed by atoms with Gasteiger partial charge in [-0.1, -0.05) is 41.9 Å². The number of methoxy groups -OCH3 is 1. The lowest BCUT2D eigenvalue weighted by atomic mass is 10.1. The van der Waals surface area contributed by atoms with Crippen LogP contribution >= 0.6 is 11.6 Å². The van der Waals surface area contributed by atoms with Crippen LogP contribution in [-0.2, 0) is 11.2 Å². The van der Waals surface area contributed by atoms with E-state index in [1.165, 1.54) is 19.2 Å². The first-order chi connectivity index (χ1) is 12.5. The third kappa shape index (κ3) is 4.89. The number of hydrogen-bond acceptors (Lipinski definition) is 4. The molecule has 0 saturated carbocycles. The Morgan fingerprint density at radius 3 is 2.50 bits per heavy atom. The van der Waals surface area contributed by atoms with Gasteiger partial charge < -0.3 is 19.9 Å². The molecule has 7 heteroatoms. The SMILES string of the molecule is CCOc1c(Cl)cc(C(=O)N[C@@H](Cc2ccccc2)C(=O)O)cc1OC. The summed E-state index contributed by atoms with van der Waals surface area (Å²) in [6.45, 7) is 2.19. The van der Waals surface area contributed by atoms with E-state index in [-0.39, 0.29) is 17.0 Å². The summed E-state index contributed by atoms with van der Waals surface area (Å²) in [5.74, 6) is -1.03. The summed E-state index contributed by atoms with van der Waals surface area (Å²) in [6, 6.07) is 10.9. The number of benzene rings is 2. The smallest absolute Gasteiger partial charge is 0.326 e. The third-order valence-corrected chi connectivity index (χ3v) is 3.95. The first-order valence-corrected chi connectivity index (χ1v) is 8.42. The molecule has 2 rings (SSSR count). The number of carbonyl (C=O) groups excluding carboxylic acids is 1. The highest BCUT2D eigenvalue weighted by Crippen LogP contribution is 2.36. The Hall–Kier alpha value is -2.73. The zero-order valence-electron chi connectivity index (χ0n) is 14.5. The summed E-state index contributed by atoms with van der Waals surface area (Å²) in [6.07, 6.45) is 0.170. The van der Waals surface area contributed by atoms with Gasteiger partial charge in [0.1, 0.15) is 6.04 Å². The first-order valence-electron chi connectivity index (χ1n) is 8.04. The van der Waals surface area contributed by atoms with Crippen LogP contribution in [-0.4, -0.2) is 36.7 Å². The quantitative estimate of drug-likeness (QED) is 0.738. The number of nitrogens with one attached hydrogen (secondary N) is 1. The lowest BCUT2D eigenvalue weighted by Gasteiger charge is -2.16. The van der Waals surface area contributed by atoms with E-state index in [1.807, 2.05) is 18.2 Å². The number of carboxylic acids is 1. The fraction of sp³-hybridized carbons (Fsp3) is 0.263. The number of carbonyl (C=O) groups is 2. The highest BCUT2D eigenvalue weighted by molar-refractivity contribution is 6.32. The zero-order valence-corrected chi connectivity index (χ0v) is 15.2. The van der Waals surface area contributed by atoms with Gasteiger partial charge >= 0.3 is 5.97 Å². The molecule has 0 fully saturated rings. The van der Waals surface area contributed by atoms with Gasteiger partial charge in [0.05, 0.1) is 18.7 Å². The largest absolute Gasteiger partial charge is 0.493 e. The van der Waals surface area contributed by atoms with Crippen LogP contribution in [0.15, 0.2) is 42.5 Å². The van der Waals surface area contributed by atoms with Crippen molar-refractivity contribution in [2.45, 2.75) is 19.4 Å². The molecule has 0 radical (unpaired) electrons. The molecule has 0 bridgehead atoms. The normalized spacial score (nSPS) is 11.5. The van der Waals surface area contributed by atoms with Crippen molar-refractivity contribution in [3.63, 3.8) is 0 Å². The van der Waals surface area contributed by atoms with Crippen LogP contribution in [0.1, 0.15) is 22.8 Å². The molecule has 2 N–H and O–H groups in total. The van der Waals surface area contributed by atoms with Crippen LogP contribution in [0.5, 0.6) is 11.5 Å². The molecule has 6 nitrogen and oxygen atoms in total. The monoisotopic (exact) mass is 377 g/mol. The van der Waals surface area contributed by atoms with Gasteiger partial charge in [-0.2, -0.15) is 0 Å². The van der Waals surface area contributed by atoms with Gasteiger partial charge in [0.2, 0.25) is 0 Å². The first kappa shape index (κ1) is 19.6. The zero-order chi connectivity index (χ0) is 19.1. The number of halogens is 1. The average molecular weight is 378 g/mol. The summed E-state index contributed by atoms with van der Waals surface area (Å²) < 4.78 is 10.6. The second-order valence-electron chi connectivity index (χ2n) is 5.48. The Kier molecular flexibility index (Phi) is 6.86. The molecule has 0 aromatic heterocycles. The van der Waals surface area contributed by atoms with E-state index >= 15 is 0 Å². The molecular weight excluding hydrogens is 358 g/mol. The van der Waals surface area contributed by atoms with E-state index in [0.29, 0.717) is 18.1 Å². The molecule has 0 heterocycles. The predicted molar refractivity (Wildman–Crippen MR) is 98.2 cm³/mol. The van der Waals surface area contributed by atoms with Crippen molar-refractivity contribution in [3.05, 3.63) is 58.6 Å².